The highest BCUT2D eigenvalue weighted by Gasteiger charge is 2.26. The van der Waals surface area contributed by atoms with Crippen molar-refractivity contribution >= 4 is 17.0 Å². The number of halogens is 1. The lowest BCUT2D eigenvalue weighted by Crippen LogP contribution is -2.39. The normalized spacial score (nSPS) is 16.0. The molecule has 84 valence electrons. The Balaban J connectivity index is 0.00000169. The maximum atomic E-state index is 9.09. The highest BCUT2D eigenvalue weighted by molar-refractivity contribution is 8.93. The molecule has 0 radical (unpaired) electrons. The number of hydrogen-bond donors (Lipinski definition) is 2. The van der Waals surface area contributed by atoms with Gasteiger partial charge in [-0.25, -0.2) is 0 Å². The topological polar surface area (TPSA) is 46.9 Å². The Labute approximate surface area is 95.6 Å². The molecule has 0 aromatic heterocycles. The first kappa shape index (κ1) is 13.7. The van der Waals surface area contributed by atoms with Crippen LogP contribution in [0.4, 0.5) is 0 Å². The number of aliphatic hydroxyl groups excluding tert-OH is 2. The summed E-state index contributed by atoms with van der Waals surface area (Å²) in [6.45, 7) is 3.41. The summed E-state index contributed by atoms with van der Waals surface area (Å²) in [5.41, 5.74) is -0.407. The van der Waals surface area contributed by atoms with E-state index in [1.54, 1.807) is 0 Å². The van der Waals surface area contributed by atoms with E-state index in [4.69, 9.17) is 10.2 Å². The summed E-state index contributed by atoms with van der Waals surface area (Å²) in [6, 6.07) is 0. The zero-order valence-electron chi connectivity index (χ0n) is 8.68. The van der Waals surface area contributed by atoms with Gasteiger partial charge in [0.25, 0.3) is 0 Å². The van der Waals surface area contributed by atoms with E-state index in [1.165, 1.54) is 0 Å². The Kier molecular flexibility index (Phi) is 5.48. The minimum atomic E-state index is -0.407. The highest BCUT2D eigenvalue weighted by Crippen LogP contribution is 2.18. The number of hydrogen-bond acceptors (Lipinski definition) is 4. The fourth-order valence-corrected chi connectivity index (χ4v) is 1.33. The van der Waals surface area contributed by atoms with Crippen molar-refractivity contribution in [1.29, 1.82) is 0 Å². The third kappa shape index (κ3) is 3.48. The van der Waals surface area contributed by atoms with E-state index >= 15 is 0 Å². The molecule has 0 aromatic rings. The lowest BCUT2D eigenvalue weighted by molar-refractivity contribution is 0.0439. The number of aliphatic hydroxyl groups is 2. The smallest absolute Gasteiger partial charge is 0.0891 e. The molecule has 0 atom stereocenters. The third-order valence-corrected chi connectivity index (χ3v) is 2.28. The summed E-state index contributed by atoms with van der Waals surface area (Å²) in [4.78, 5) is 4.13. The molecule has 5 heteroatoms. The van der Waals surface area contributed by atoms with Crippen LogP contribution in [0.25, 0.3) is 0 Å². The van der Waals surface area contributed by atoms with Crippen molar-refractivity contribution in [3.8, 4) is 0 Å². The molecule has 0 unspecified atom stereocenters. The van der Waals surface area contributed by atoms with Crippen LogP contribution in [-0.4, -0.2) is 53.5 Å². The van der Waals surface area contributed by atoms with Crippen LogP contribution < -0.4 is 0 Å². The highest BCUT2D eigenvalue weighted by atomic mass is 79.9. The van der Waals surface area contributed by atoms with Crippen LogP contribution in [0.15, 0.2) is 12.4 Å². The van der Waals surface area contributed by atoms with E-state index < -0.39 is 5.41 Å². The maximum Gasteiger partial charge on any atom is 0.0891 e. The molecule has 0 saturated heterocycles. The van der Waals surface area contributed by atoms with E-state index in [9.17, 15) is 0 Å². The molecular formula is C9H19BrN2O2. The van der Waals surface area contributed by atoms with Crippen LogP contribution in [0, 0.1) is 5.41 Å². The minimum absolute atomic E-state index is 0. The van der Waals surface area contributed by atoms with Crippen LogP contribution in [0.3, 0.4) is 0 Å². The van der Waals surface area contributed by atoms with Gasteiger partial charge in [-0.05, 0) is 0 Å². The van der Waals surface area contributed by atoms with Crippen molar-refractivity contribution in [2.75, 3.05) is 33.5 Å². The summed E-state index contributed by atoms with van der Waals surface area (Å²) < 4.78 is 0. The summed E-state index contributed by atoms with van der Waals surface area (Å²) >= 11 is 0. The Hall–Kier alpha value is -0.260. The van der Waals surface area contributed by atoms with Gasteiger partial charge in [-0.1, -0.05) is 6.92 Å². The van der Waals surface area contributed by atoms with Crippen LogP contribution in [-0.2, 0) is 0 Å². The first-order chi connectivity index (χ1) is 6.09. The van der Waals surface area contributed by atoms with Crippen molar-refractivity contribution in [3.63, 3.8) is 0 Å². The molecule has 0 amide bonds. The van der Waals surface area contributed by atoms with E-state index in [0.717, 1.165) is 6.67 Å². The zero-order valence-corrected chi connectivity index (χ0v) is 10.4. The van der Waals surface area contributed by atoms with Gasteiger partial charge in [-0.3, -0.25) is 0 Å². The van der Waals surface area contributed by atoms with Gasteiger partial charge in [-0.15, -0.1) is 17.0 Å². The van der Waals surface area contributed by atoms with Gasteiger partial charge in [0.15, 0.2) is 0 Å². The summed E-state index contributed by atoms with van der Waals surface area (Å²) in [5, 5.41) is 18.2. The third-order valence-electron chi connectivity index (χ3n) is 2.28. The molecule has 4 nitrogen and oxygen atoms in total. The van der Waals surface area contributed by atoms with Crippen molar-refractivity contribution in [3.05, 3.63) is 12.4 Å². The molecule has 2 N–H and O–H groups in total. The van der Waals surface area contributed by atoms with E-state index in [0.29, 0.717) is 6.54 Å². The zero-order chi connectivity index (χ0) is 9.90. The largest absolute Gasteiger partial charge is 0.396 e. The number of nitrogens with zero attached hydrogens (tertiary/aromatic N) is 2. The van der Waals surface area contributed by atoms with Gasteiger partial charge < -0.3 is 20.0 Å². The molecule has 1 rings (SSSR count). The van der Waals surface area contributed by atoms with Gasteiger partial charge in [0, 0.05) is 31.4 Å². The van der Waals surface area contributed by atoms with Gasteiger partial charge in [-0.2, -0.15) is 0 Å². The van der Waals surface area contributed by atoms with E-state index in [1.807, 2.05) is 26.4 Å². The number of rotatable bonds is 4. The summed E-state index contributed by atoms with van der Waals surface area (Å²) in [5.74, 6) is 0. The Morgan fingerprint density at radius 1 is 1.29 bits per heavy atom. The van der Waals surface area contributed by atoms with Gasteiger partial charge in [0.2, 0.25) is 0 Å². The molecule has 0 fully saturated rings. The average Bonchev–Trinajstić information content (AvgIpc) is 2.51. The monoisotopic (exact) mass is 266 g/mol. The minimum Gasteiger partial charge on any atom is -0.396 e. The fourth-order valence-electron chi connectivity index (χ4n) is 1.33. The van der Waals surface area contributed by atoms with Gasteiger partial charge >= 0.3 is 0 Å². The standard InChI is InChI=1S/C9H18N2O2.BrH/c1-9(6-12,7-13)5-11-4-3-10(2)8-11;/h3-4,12-13H,5-8H2,1-2H3;1H. The first-order valence-electron chi connectivity index (χ1n) is 4.44. The average molecular weight is 267 g/mol. The molecule has 0 aliphatic carbocycles. The van der Waals surface area contributed by atoms with Crippen LogP contribution in [0.5, 0.6) is 0 Å². The maximum absolute atomic E-state index is 9.09. The summed E-state index contributed by atoms with van der Waals surface area (Å²) in [6.07, 6.45) is 3.96. The van der Waals surface area contributed by atoms with Crippen LogP contribution in [0.1, 0.15) is 6.92 Å². The predicted molar refractivity (Wildman–Crippen MR) is 61.1 cm³/mol. The molecular weight excluding hydrogens is 248 g/mol. The van der Waals surface area contributed by atoms with Crippen molar-refractivity contribution in [1.82, 2.24) is 9.80 Å². The summed E-state index contributed by atoms with van der Waals surface area (Å²) in [7, 11) is 1.99. The molecule has 1 aliphatic rings. The Morgan fingerprint density at radius 2 is 1.86 bits per heavy atom. The lowest BCUT2D eigenvalue weighted by atomic mass is 9.92. The second-order valence-corrected chi connectivity index (χ2v) is 4.07. The van der Waals surface area contributed by atoms with E-state index in [-0.39, 0.29) is 30.2 Å². The molecule has 14 heavy (non-hydrogen) atoms. The Bertz CT molecular complexity index is 195. The van der Waals surface area contributed by atoms with Crippen molar-refractivity contribution in [2.45, 2.75) is 6.92 Å². The molecule has 1 heterocycles. The lowest BCUT2D eigenvalue weighted by Gasteiger charge is -2.30. The predicted octanol–water partition coefficient (Wildman–Crippen LogP) is 0.231. The quantitative estimate of drug-likeness (QED) is 0.765. The molecule has 0 aromatic carbocycles. The second kappa shape index (κ2) is 5.58. The van der Waals surface area contributed by atoms with Crippen molar-refractivity contribution in [2.24, 2.45) is 5.41 Å². The van der Waals surface area contributed by atoms with Gasteiger partial charge in [0.05, 0.1) is 19.9 Å². The SMILES string of the molecule is Br.CN1C=CN(CC(C)(CO)CO)C1. The van der Waals surface area contributed by atoms with E-state index in [2.05, 4.69) is 9.80 Å². The van der Waals surface area contributed by atoms with Crippen LogP contribution in [0.2, 0.25) is 0 Å². The second-order valence-electron chi connectivity index (χ2n) is 4.07. The molecule has 0 bridgehead atoms. The Morgan fingerprint density at radius 3 is 2.21 bits per heavy atom. The van der Waals surface area contributed by atoms with Crippen molar-refractivity contribution < 1.29 is 10.2 Å². The van der Waals surface area contributed by atoms with Crippen LogP contribution >= 0.6 is 17.0 Å². The molecule has 0 saturated carbocycles. The molecule has 1 aliphatic heterocycles. The fraction of sp³-hybridized carbons (Fsp3) is 0.778. The first-order valence-corrected chi connectivity index (χ1v) is 4.44. The molecule has 0 spiro atoms. The van der Waals surface area contributed by atoms with Gasteiger partial charge in [0.1, 0.15) is 0 Å².